The third kappa shape index (κ3) is 4.46. The highest BCUT2D eigenvalue weighted by Crippen LogP contribution is 2.39. The Bertz CT molecular complexity index is 292. The van der Waals surface area contributed by atoms with Crippen molar-refractivity contribution in [2.75, 3.05) is 6.54 Å². The maximum atomic E-state index is 12.2. The molecule has 1 amide bonds. The fourth-order valence-corrected chi connectivity index (χ4v) is 2.14. The average Bonchev–Trinajstić information content (AvgIpc) is 3.12. The van der Waals surface area contributed by atoms with E-state index in [-0.39, 0.29) is 29.8 Å². The normalized spacial score (nSPS) is 17.5. The van der Waals surface area contributed by atoms with E-state index in [9.17, 15) is 4.79 Å². The Hall–Kier alpha value is -0.800. The molecular weight excluding hydrogens is 248 g/mol. The molecule has 1 aliphatic carbocycles. The van der Waals surface area contributed by atoms with E-state index in [1.807, 2.05) is 6.92 Å². The molecule has 0 aromatic heterocycles. The Morgan fingerprint density at radius 2 is 1.94 bits per heavy atom. The van der Waals surface area contributed by atoms with Crippen molar-refractivity contribution in [1.29, 1.82) is 0 Å². The standard InChI is InChI=1S/C14H24N2O.ClH/c1-4-6-11(7-5-2)13(17)16-14(3,10-15)12-8-9-12;/h4-5,11-12H,1-2,6-10,15H2,3H3,(H,16,17);1H. The summed E-state index contributed by atoms with van der Waals surface area (Å²) in [6.07, 6.45) is 7.27. The van der Waals surface area contributed by atoms with Crippen molar-refractivity contribution in [2.45, 2.75) is 38.1 Å². The van der Waals surface area contributed by atoms with Crippen LogP contribution in [-0.2, 0) is 4.79 Å². The maximum absolute atomic E-state index is 12.2. The van der Waals surface area contributed by atoms with E-state index in [1.54, 1.807) is 12.2 Å². The first kappa shape index (κ1) is 17.2. The van der Waals surface area contributed by atoms with Crippen LogP contribution in [0.15, 0.2) is 25.3 Å². The molecule has 1 unspecified atom stereocenters. The fraction of sp³-hybridized carbons (Fsp3) is 0.643. The zero-order chi connectivity index (χ0) is 12.9. The molecule has 4 heteroatoms. The zero-order valence-electron chi connectivity index (χ0n) is 11.2. The van der Waals surface area contributed by atoms with Crippen LogP contribution in [0.25, 0.3) is 0 Å². The van der Waals surface area contributed by atoms with Crippen molar-refractivity contribution in [2.24, 2.45) is 17.6 Å². The number of carbonyl (C=O) groups is 1. The van der Waals surface area contributed by atoms with Gasteiger partial charge in [-0.15, -0.1) is 25.6 Å². The van der Waals surface area contributed by atoms with Crippen molar-refractivity contribution >= 4 is 18.3 Å². The van der Waals surface area contributed by atoms with E-state index in [2.05, 4.69) is 18.5 Å². The Kier molecular flexibility index (Phi) is 7.26. The molecule has 0 aliphatic heterocycles. The number of rotatable bonds is 8. The van der Waals surface area contributed by atoms with E-state index < -0.39 is 0 Å². The van der Waals surface area contributed by atoms with Crippen LogP contribution in [0.5, 0.6) is 0 Å². The first-order valence-electron chi connectivity index (χ1n) is 6.31. The first-order chi connectivity index (χ1) is 8.07. The summed E-state index contributed by atoms with van der Waals surface area (Å²) in [7, 11) is 0. The predicted octanol–water partition coefficient (Wildman–Crippen LogP) is 2.42. The number of nitrogens with two attached hydrogens (primary N) is 1. The van der Waals surface area contributed by atoms with Crippen LogP contribution < -0.4 is 11.1 Å². The van der Waals surface area contributed by atoms with E-state index >= 15 is 0 Å². The highest BCUT2D eigenvalue weighted by atomic mass is 35.5. The molecule has 104 valence electrons. The van der Waals surface area contributed by atoms with Crippen molar-refractivity contribution in [1.82, 2.24) is 5.32 Å². The van der Waals surface area contributed by atoms with Crippen LogP contribution in [0.2, 0.25) is 0 Å². The van der Waals surface area contributed by atoms with Crippen molar-refractivity contribution in [3.63, 3.8) is 0 Å². The van der Waals surface area contributed by atoms with Gasteiger partial charge in [0.1, 0.15) is 0 Å². The molecule has 1 rings (SSSR count). The summed E-state index contributed by atoms with van der Waals surface area (Å²) in [6, 6.07) is 0. The van der Waals surface area contributed by atoms with Gasteiger partial charge in [0.2, 0.25) is 5.91 Å². The van der Waals surface area contributed by atoms with Gasteiger partial charge in [-0.25, -0.2) is 0 Å². The fourth-order valence-electron chi connectivity index (χ4n) is 2.14. The van der Waals surface area contributed by atoms with Crippen LogP contribution in [-0.4, -0.2) is 18.0 Å². The molecule has 18 heavy (non-hydrogen) atoms. The molecule has 3 N–H and O–H groups in total. The van der Waals surface area contributed by atoms with Gasteiger partial charge in [-0.2, -0.15) is 0 Å². The summed E-state index contributed by atoms with van der Waals surface area (Å²) in [4.78, 5) is 12.2. The molecule has 0 saturated heterocycles. The second-order valence-electron chi connectivity index (χ2n) is 5.13. The lowest BCUT2D eigenvalue weighted by atomic mass is 9.93. The number of hydrogen-bond donors (Lipinski definition) is 2. The van der Waals surface area contributed by atoms with Gasteiger partial charge in [-0.05, 0) is 38.5 Å². The molecule has 0 spiro atoms. The Morgan fingerprint density at radius 1 is 1.44 bits per heavy atom. The molecule has 1 atom stereocenters. The quantitative estimate of drug-likeness (QED) is 0.667. The van der Waals surface area contributed by atoms with E-state index in [4.69, 9.17) is 5.73 Å². The molecule has 0 aromatic carbocycles. The lowest BCUT2D eigenvalue weighted by Crippen LogP contribution is -2.54. The van der Waals surface area contributed by atoms with Gasteiger partial charge in [-0.1, -0.05) is 12.2 Å². The Morgan fingerprint density at radius 3 is 2.28 bits per heavy atom. The monoisotopic (exact) mass is 272 g/mol. The Balaban J connectivity index is 0.00000289. The first-order valence-corrected chi connectivity index (χ1v) is 6.31. The number of amides is 1. The Labute approximate surface area is 116 Å². The van der Waals surface area contributed by atoms with E-state index in [0.717, 1.165) is 0 Å². The second-order valence-corrected chi connectivity index (χ2v) is 5.13. The maximum Gasteiger partial charge on any atom is 0.224 e. The minimum absolute atomic E-state index is 0. The van der Waals surface area contributed by atoms with Crippen LogP contribution >= 0.6 is 12.4 Å². The third-order valence-corrected chi connectivity index (χ3v) is 3.58. The predicted molar refractivity (Wildman–Crippen MR) is 78.7 cm³/mol. The average molecular weight is 273 g/mol. The second kappa shape index (κ2) is 7.59. The van der Waals surface area contributed by atoms with E-state index in [0.29, 0.717) is 25.3 Å². The van der Waals surface area contributed by atoms with Gasteiger partial charge in [-0.3, -0.25) is 4.79 Å². The van der Waals surface area contributed by atoms with Gasteiger partial charge in [0.15, 0.2) is 0 Å². The number of nitrogens with one attached hydrogen (secondary N) is 1. The van der Waals surface area contributed by atoms with Crippen LogP contribution in [0.3, 0.4) is 0 Å². The van der Waals surface area contributed by atoms with Gasteiger partial charge < -0.3 is 11.1 Å². The summed E-state index contributed by atoms with van der Waals surface area (Å²) < 4.78 is 0. The topological polar surface area (TPSA) is 55.1 Å². The highest BCUT2D eigenvalue weighted by Gasteiger charge is 2.42. The summed E-state index contributed by atoms with van der Waals surface area (Å²) in [5.41, 5.74) is 5.55. The molecule has 1 saturated carbocycles. The molecule has 0 heterocycles. The molecule has 1 aliphatic rings. The number of allylic oxidation sites excluding steroid dienone is 2. The largest absolute Gasteiger partial charge is 0.349 e. The SMILES string of the molecule is C=CCC(CC=C)C(=O)NC(C)(CN)C1CC1.Cl. The third-order valence-electron chi connectivity index (χ3n) is 3.58. The highest BCUT2D eigenvalue weighted by molar-refractivity contribution is 5.85. The van der Waals surface area contributed by atoms with Crippen LogP contribution in [0, 0.1) is 11.8 Å². The number of hydrogen-bond acceptors (Lipinski definition) is 2. The summed E-state index contributed by atoms with van der Waals surface area (Å²) in [5, 5.41) is 3.12. The molecule has 3 nitrogen and oxygen atoms in total. The van der Waals surface area contributed by atoms with Crippen LogP contribution in [0.1, 0.15) is 32.6 Å². The van der Waals surface area contributed by atoms with Gasteiger partial charge in [0.25, 0.3) is 0 Å². The summed E-state index contributed by atoms with van der Waals surface area (Å²) in [5.74, 6) is 0.559. The van der Waals surface area contributed by atoms with Crippen LogP contribution in [0.4, 0.5) is 0 Å². The van der Waals surface area contributed by atoms with Gasteiger partial charge >= 0.3 is 0 Å². The molecule has 0 bridgehead atoms. The van der Waals surface area contributed by atoms with Crippen molar-refractivity contribution in [3.05, 3.63) is 25.3 Å². The van der Waals surface area contributed by atoms with E-state index in [1.165, 1.54) is 12.8 Å². The number of carbonyl (C=O) groups excluding carboxylic acids is 1. The summed E-state index contributed by atoms with van der Waals surface area (Å²) >= 11 is 0. The number of halogens is 1. The molecule has 0 radical (unpaired) electrons. The zero-order valence-corrected chi connectivity index (χ0v) is 12.0. The lowest BCUT2D eigenvalue weighted by molar-refractivity contribution is -0.126. The molecular formula is C14H25ClN2O. The minimum Gasteiger partial charge on any atom is -0.349 e. The smallest absolute Gasteiger partial charge is 0.224 e. The van der Waals surface area contributed by atoms with Crippen molar-refractivity contribution in [3.8, 4) is 0 Å². The minimum atomic E-state index is -0.238. The van der Waals surface area contributed by atoms with Gasteiger partial charge in [0, 0.05) is 12.5 Å². The summed E-state index contributed by atoms with van der Waals surface area (Å²) in [6.45, 7) is 9.92. The lowest BCUT2D eigenvalue weighted by Gasteiger charge is -2.31. The van der Waals surface area contributed by atoms with Crippen molar-refractivity contribution < 1.29 is 4.79 Å². The van der Waals surface area contributed by atoms with Gasteiger partial charge in [0.05, 0.1) is 5.54 Å². The molecule has 0 aromatic rings. The molecule has 1 fully saturated rings.